The Kier molecular flexibility index (Phi) is 5.16. The second-order valence-electron chi connectivity index (χ2n) is 9.48. The summed E-state index contributed by atoms with van der Waals surface area (Å²) in [4.78, 5) is 27.9. The monoisotopic (exact) mass is 420 g/mol. The number of nitrogens with zero attached hydrogens (tertiary/aromatic N) is 1. The SMILES string of the molecule is COC(=O)c1ccnc(NC(=O)COc2ccc(C34CC5CC(CC(C5)C3)C4)cc2)c1. The van der Waals surface area contributed by atoms with Crippen LogP contribution in [-0.4, -0.2) is 30.6 Å². The van der Waals surface area contributed by atoms with Gasteiger partial charge in [0, 0.05) is 6.20 Å². The minimum atomic E-state index is -0.478. The topological polar surface area (TPSA) is 77.5 Å². The van der Waals surface area contributed by atoms with Crippen LogP contribution in [0.1, 0.15) is 54.4 Å². The minimum absolute atomic E-state index is 0.124. The van der Waals surface area contributed by atoms with Gasteiger partial charge in [0.05, 0.1) is 12.7 Å². The molecule has 0 saturated heterocycles. The number of methoxy groups -OCH3 is 1. The number of rotatable bonds is 6. The van der Waals surface area contributed by atoms with E-state index >= 15 is 0 Å². The van der Waals surface area contributed by atoms with Gasteiger partial charge in [0.15, 0.2) is 6.61 Å². The van der Waals surface area contributed by atoms with E-state index in [-0.39, 0.29) is 18.3 Å². The number of esters is 1. The smallest absolute Gasteiger partial charge is 0.338 e. The number of benzene rings is 1. The quantitative estimate of drug-likeness (QED) is 0.703. The third kappa shape index (κ3) is 4.03. The third-order valence-electron chi connectivity index (χ3n) is 7.32. The molecule has 4 fully saturated rings. The molecular formula is C25H28N2O4. The van der Waals surface area contributed by atoms with Crippen molar-refractivity contribution in [3.63, 3.8) is 0 Å². The Morgan fingerprint density at radius 1 is 1.03 bits per heavy atom. The first-order chi connectivity index (χ1) is 15.0. The van der Waals surface area contributed by atoms with Crippen LogP contribution in [0.2, 0.25) is 0 Å². The molecule has 2 aromatic rings. The number of carbonyl (C=O) groups is 2. The Labute approximate surface area is 182 Å². The van der Waals surface area contributed by atoms with Crippen LogP contribution in [0.5, 0.6) is 5.75 Å². The van der Waals surface area contributed by atoms with Gasteiger partial charge >= 0.3 is 5.97 Å². The van der Waals surface area contributed by atoms with E-state index in [1.165, 1.54) is 69.5 Å². The van der Waals surface area contributed by atoms with Crippen LogP contribution < -0.4 is 10.1 Å². The highest BCUT2D eigenvalue weighted by Gasteiger charge is 2.51. The van der Waals surface area contributed by atoms with E-state index < -0.39 is 5.97 Å². The number of ether oxygens (including phenoxy) is 2. The summed E-state index contributed by atoms with van der Waals surface area (Å²) in [7, 11) is 1.31. The first-order valence-electron chi connectivity index (χ1n) is 11.1. The first kappa shape index (κ1) is 20.0. The largest absolute Gasteiger partial charge is 0.484 e. The molecule has 0 spiro atoms. The van der Waals surface area contributed by atoms with Crippen LogP contribution in [-0.2, 0) is 14.9 Å². The van der Waals surface area contributed by atoms with Gasteiger partial charge in [-0.15, -0.1) is 0 Å². The molecule has 1 aromatic carbocycles. The zero-order valence-corrected chi connectivity index (χ0v) is 17.8. The van der Waals surface area contributed by atoms with E-state index in [0.717, 1.165) is 17.8 Å². The van der Waals surface area contributed by atoms with Crippen LogP contribution in [0, 0.1) is 17.8 Å². The maximum absolute atomic E-state index is 12.2. The summed E-state index contributed by atoms with van der Waals surface area (Å²) in [6, 6.07) is 11.4. The van der Waals surface area contributed by atoms with Crippen molar-refractivity contribution in [1.82, 2.24) is 4.98 Å². The Hall–Kier alpha value is -2.89. The summed E-state index contributed by atoms with van der Waals surface area (Å²) in [6.45, 7) is -0.124. The van der Waals surface area contributed by atoms with Crippen LogP contribution in [0.25, 0.3) is 0 Å². The van der Waals surface area contributed by atoms with E-state index in [4.69, 9.17) is 4.74 Å². The molecule has 0 atom stereocenters. The van der Waals surface area contributed by atoms with Gasteiger partial charge < -0.3 is 14.8 Å². The average molecular weight is 421 g/mol. The Bertz CT molecular complexity index is 950. The molecule has 6 nitrogen and oxygen atoms in total. The molecule has 1 aromatic heterocycles. The minimum Gasteiger partial charge on any atom is -0.484 e. The van der Waals surface area contributed by atoms with Gasteiger partial charge in [-0.2, -0.15) is 0 Å². The van der Waals surface area contributed by atoms with Gasteiger partial charge in [0.2, 0.25) is 0 Å². The van der Waals surface area contributed by atoms with E-state index in [2.05, 4.69) is 27.2 Å². The van der Waals surface area contributed by atoms with E-state index in [9.17, 15) is 9.59 Å². The molecule has 4 saturated carbocycles. The molecule has 6 rings (SSSR count). The van der Waals surface area contributed by atoms with Crippen molar-refractivity contribution in [3.8, 4) is 5.75 Å². The number of hydrogen-bond acceptors (Lipinski definition) is 5. The predicted molar refractivity (Wildman–Crippen MR) is 116 cm³/mol. The van der Waals surface area contributed by atoms with Crippen LogP contribution in [0.15, 0.2) is 42.6 Å². The number of aromatic nitrogens is 1. The fraction of sp³-hybridized carbons (Fsp3) is 0.480. The number of nitrogens with one attached hydrogen (secondary N) is 1. The van der Waals surface area contributed by atoms with Gasteiger partial charge in [-0.3, -0.25) is 4.79 Å². The Balaban J connectivity index is 1.18. The Morgan fingerprint density at radius 3 is 2.29 bits per heavy atom. The highest BCUT2D eigenvalue weighted by molar-refractivity contribution is 5.94. The molecule has 162 valence electrons. The normalized spacial score (nSPS) is 28.2. The third-order valence-corrected chi connectivity index (χ3v) is 7.32. The van der Waals surface area contributed by atoms with Gasteiger partial charge in [0.25, 0.3) is 5.91 Å². The van der Waals surface area contributed by atoms with Crippen molar-refractivity contribution in [2.75, 3.05) is 19.0 Å². The van der Waals surface area contributed by atoms with Crippen LogP contribution in [0.4, 0.5) is 5.82 Å². The molecule has 1 amide bonds. The number of hydrogen-bond donors (Lipinski definition) is 1. The van der Waals surface area contributed by atoms with Crippen molar-refractivity contribution < 1.29 is 19.1 Å². The summed E-state index contributed by atoms with van der Waals surface area (Å²) >= 11 is 0. The summed E-state index contributed by atoms with van der Waals surface area (Å²) in [5.74, 6) is 2.90. The lowest BCUT2D eigenvalue weighted by Crippen LogP contribution is -2.48. The maximum Gasteiger partial charge on any atom is 0.338 e. The fourth-order valence-electron chi connectivity index (χ4n) is 6.44. The summed E-state index contributed by atoms with van der Waals surface area (Å²) in [6.07, 6.45) is 9.76. The zero-order chi connectivity index (χ0) is 21.4. The molecule has 4 aliphatic rings. The molecule has 4 aliphatic carbocycles. The summed E-state index contributed by atoms with van der Waals surface area (Å²) in [5, 5.41) is 2.65. The van der Waals surface area contributed by atoms with Crippen molar-refractivity contribution in [3.05, 3.63) is 53.7 Å². The van der Waals surface area contributed by atoms with E-state index in [1.54, 1.807) is 0 Å². The molecule has 31 heavy (non-hydrogen) atoms. The average Bonchev–Trinajstić information content (AvgIpc) is 2.77. The first-order valence-corrected chi connectivity index (χ1v) is 11.1. The second kappa shape index (κ2) is 7.98. The number of anilines is 1. The molecular weight excluding hydrogens is 392 g/mol. The number of pyridine rings is 1. The lowest BCUT2D eigenvalue weighted by molar-refractivity contribution is -0.118. The highest BCUT2D eigenvalue weighted by Crippen LogP contribution is 2.60. The standard InChI is InChI=1S/C25H28N2O4/c1-30-24(29)19-6-7-26-22(11-19)27-23(28)15-31-21-4-2-20(3-5-21)25-12-16-8-17(13-25)10-18(9-16)14-25/h2-7,11,16-18H,8-10,12-15H2,1H3,(H,26,27,28). The number of amides is 1. The van der Waals surface area contributed by atoms with E-state index in [0.29, 0.717) is 16.7 Å². The lowest BCUT2D eigenvalue weighted by Gasteiger charge is -2.57. The van der Waals surface area contributed by atoms with Crippen molar-refractivity contribution >= 4 is 17.7 Å². The van der Waals surface area contributed by atoms with Crippen LogP contribution >= 0.6 is 0 Å². The predicted octanol–water partition coefficient (Wildman–Crippen LogP) is 4.35. The van der Waals surface area contributed by atoms with Gasteiger partial charge in [-0.1, -0.05) is 12.1 Å². The molecule has 0 unspecified atom stereocenters. The lowest BCUT2D eigenvalue weighted by atomic mass is 9.48. The van der Waals surface area contributed by atoms with E-state index in [1.807, 2.05) is 12.1 Å². The van der Waals surface area contributed by atoms with Crippen molar-refractivity contribution in [1.29, 1.82) is 0 Å². The van der Waals surface area contributed by atoms with Crippen molar-refractivity contribution in [2.24, 2.45) is 17.8 Å². The van der Waals surface area contributed by atoms with Crippen LogP contribution in [0.3, 0.4) is 0 Å². The van der Waals surface area contributed by atoms with Gasteiger partial charge in [-0.05, 0) is 91.5 Å². The number of carbonyl (C=O) groups excluding carboxylic acids is 2. The molecule has 1 N–H and O–H groups in total. The fourth-order valence-corrected chi connectivity index (χ4v) is 6.44. The molecule has 6 heteroatoms. The zero-order valence-electron chi connectivity index (χ0n) is 17.8. The maximum atomic E-state index is 12.2. The molecule has 4 bridgehead atoms. The summed E-state index contributed by atoms with van der Waals surface area (Å²) in [5.41, 5.74) is 2.13. The Morgan fingerprint density at radius 2 is 1.68 bits per heavy atom. The second-order valence-corrected chi connectivity index (χ2v) is 9.48. The van der Waals surface area contributed by atoms with Crippen molar-refractivity contribution in [2.45, 2.75) is 43.9 Å². The highest BCUT2D eigenvalue weighted by atomic mass is 16.5. The van der Waals surface area contributed by atoms with Gasteiger partial charge in [0.1, 0.15) is 11.6 Å². The van der Waals surface area contributed by atoms with Gasteiger partial charge in [-0.25, -0.2) is 9.78 Å². The molecule has 0 radical (unpaired) electrons. The summed E-state index contributed by atoms with van der Waals surface area (Å²) < 4.78 is 10.4. The molecule has 0 aliphatic heterocycles. The molecule has 1 heterocycles.